The van der Waals surface area contributed by atoms with E-state index >= 15 is 8.78 Å². The van der Waals surface area contributed by atoms with E-state index in [2.05, 4.69) is 0 Å². The summed E-state index contributed by atoms with van der Waals surface area (Å²) in [5.41, 5.74) is 0.572. The van der Waals surface area contributed by atoms with Gasteiger partial charge in [0.05, 0.1) is 13.0 Å². The number of carboxylic acids is 1. The lowest BCUT2D eigenvalue weighted by Gasteiger charge is -2.34. The Hall–Kier alpha value is -2.67. The number of aliphatic carboxylic acids is 1. The topological polar surface area (TPSA) is 65.0 Å². The van der Waals surface area contributed by atoms with Crippen LogP contribution < -0.4 is 9.47 Å². The molecule has 0 radical (unpaired) electrons. The minimum absolute atomic E-state index is 0.0119. The molecule has 0 fully saturated rings. The third-order valence-corrected chi connectivity index (χ3v) is 6.38. The lowest BCUT2D eigenvalue weighted by Crippen LogP contribution is -2.42. The van der Waals surface area contributed by atoms with Crippen LogP contribution in [0.25, 0.3) is 0 Å². The van der Waals surface area contributed by atoms with Gasteiger partial charge in [-0.3, -0.25) is 4.79 Å². The Morgan fingerprint density at radius 3 is 2.71 bits per heavy atom. The Balaban J connectivity index is 1.57. The van der Waals surface area contributed by atoms with Crippen molar-refractivity contribution < 1.29 is 32.9 Å². The second-order valence-corrected chi connectivity index (χ2v) is 8.61. The van der Waals surface area contributed by atoms with E-state index in [9.17, 15) is 4.79 Å². The number of halogens is 2. The highest BCUT2D eigenvalue weighted by Gasteiger charge is 2.50. The monoisotopic (exact) mass is 432 g/mol. The average molecular weight is 432 g/mol. The third kappa shape index (κ3) is 3.76. The quantitative estimate of drug-likeness (QED) is 0.650. The zero-order valence-electron chi connectivity index (χ0n) is 17.8. The maximum atomic E-state index is 15.2. The molecule has 1 heterocycles. The van der Waals surface area contributed by atoms with Crippen molar-refractivity contribution in [3.63, 3.8) is 0 Å². The number of benzene rings is 2. The van der Waals surface area contributed by atoms with Gasteiger partial charge in [-0.05, 0) is 43.9 Å². The molecular weight excluding hydrogens is 406 g/mol. The molecule has 4 rings (SSSR count). The molecule has 31 heavy (non-hydrogen) atoms. The normalized spacial score (nSPS) is 20.2. The van der Waals surface area contributed by atoms with Gasteiger partial charge < -0.3 is 19.3 Å². The van der Waals surface area contributed by atoms with Crippen LogP contribution in [0.2, 0.25) is 0 Å². The molecule has 2 atom stereocenters. The predicted octanol–water partition coefficient (Wildman–Crippen LogP) is 5.22. The van der Waals surface area contributed by atoms with Gasteiger partial charge in [0.25, 0.3) is 0 Å². The highest BCUT2D eigenvalue weighted by atomic mass is 19.3. The van der Waals surface area contributed by atoms with Crippen LogP contribution in [0.3, 0.4) is 0 Å². The van der Waals surface area contributed by atoms with Crippen molar-refractivity contribution in [3.8, 4) is 11.5 Å². The van der Waals surface area contributed by atoms with E-state index < -0.39 is 17.5 Å². The molecule has 0 spiro atoms. The Kier molecular flexibility index (Phi) is 5.41. The fourth-order valence-electron chi connectivity index (χ4n) is 4.36. The van der Waals surface area contributed by atoms with Gasteiger partial charge in [0, 0.05) is 30.2 Å². The van der Waals surface area contributed by atoms with Crippen LogP contribution in [0.15, 0.2) is 36.4 Å². The number of rotatable bonds is 7. The second kappa shape index (κ2) is 7.79. The van der Waals surface area contributed by atoms with Crippen LogP contribution >= 0.6 is 0 Å². The predicted molar refractivity (Wildman–Crippen MR) is 110 cm³/mol. The zero-order valence-corrected chi connectivity index (χ0v) is 17.8. The van der Waals surface area contributed by atoms with E-state index in [4.69, 9.17) is 19.3 Å². The summed E-state index contributed by atoms with van der Waals surface area (Å²) < 4.78 is 47.3. The van der Waals surface area contributed by atoms with Gasteiger partial charge in [-0.15, -0.1) is 0 Å². The number of carbonyl (C=O) groups is 1. The molecule has 2 aromatic rings. The molecule has 166 valence electrons. The average Bonchev–Trinajstić information content (AvgIpc) is 3.31. The molecule has 5 nitrogen and oxygen atoms in total. The lowest BCUT2D eigenvalue weighted by molar-refractivity contribution is -0.185. The van der Waals surface area contributed by atoms with Gasteiger partial charge in [-0.2, -0.15) is 8.78 Å². The van der Waals surface area contributed by atoms with Gasteiger partial charge in [0.2, 0.25) is 0 Å². The highest BCUT2D eigenvalue weighted by Crippen LogP contribution is 2.47. The van der Waals surface area contributed by atoms with Crippen LogP contribution in [0.1, 0.15) is 61.0 Å². The molecule has 1 aliphatic heterocycles. The number of methoxy groups -OCH3 is 1. The van der Waals surface area contributed by atoms with Crippen molar-refractivity contribution in [1.29, 1.82) is 0 Å². The number of hydrogen-bond donors (Lipinski definition) is 1. The SMILES string of the molecule is COC(C)(C)C(F)(F)c1cccc2c1CCC2Oc1ccc2c(c1)OCC2CC(=O)O. The molecular formula is C24H26F2O5. The zero-order chi connectivity index (χ0) is 22.4. The minimum Gasteiger partial charge on any atom is -0.492 e. The third-order valence-electron chi connectivity index (χ3n) is 6.38. The van der Waals surface area contributed by atoms with Crippen molar-refractivity contribution in [2.45, 2.75) is 56.7 Å². The van der Waals surface area contributed by atoms with Gasteiger partial charge in [-0.1, -0.05) is 24.3 Å². The standard InChI is InChI=1S/C24H26F2O5/c1-23(2,29-3)24(25,26)19-6-4-5-18-17(19)9-10-20(18)31-15-7-8-16-14(11-22(27)28)13-30-21(16)12-15/h4-8,12,14,20H,9-11,13H2,1-3H3,(H,27,28). The Morgan fingerprint density at radius 2 is 2.00 bits per heavy atom. The van der Waals surface area contributed by atoms with E-state index in [1.807, 2.05) is 12.1 Å². The summed E-state index contributed by atoms with van der Waals surface area (Å²) >= 11 is 0. The van der Waals surface area contributed by atoms with Crippen molar-refractivity contribution in [3.05, 3.63) is 58.7 Å². The highest BCUT2D eigenvalue weighted by molar-refractivity contribution is 5.68. The molecule has 0 saturated carbocycles. The van der Waals surface area contributed by atoms with Crippen molar-refractivity contribution in [2.75, 3.05) is 13.7 Å². The van der Waals surface area contributed by atoms with Gasteiger partial charge in [-0.25, -0.2) is 0 Å². The summed E-state index contributed by atoms with van der Waals surface area (Å²) in [5.74, 6) is -3.01. The molecule has 2 aliphatic rings. The Labute approximate surface area is 179 Å². The first-order valence-corrected chi connectivity index (χ1v) is 10.3. The van der Waals surface area contributed by atoms with Crippen LogP contribution in [0, 0.1) is 0 Å². The van der Waals surface area contributed by atoms with E-state index in [0.29, 0.717) is 36.5 Å². The summed E-state index contributed by atoms with van der Waals surface area (Å²) in [4.78, 5) is 11.0. The maximum Gasteiger partial charge on any atom is 0.304 e. The number of carboxylic acid groups (broad SMARTS) is 1. The molecule has 2 unspecified atom stereocenters. The molecule has 0 saturated heterocycles. The van der Waals surface area contributed by atoms with E-state index in [1.54, 1.807) is 18.2 Å². The Bertz CT molecular complexity index is 1000. The molecule has 0 amide bonds. The van der Waals surface area contributed by atoms with Crippen molar-refractivity contribution in [2.24, 2.45) is 0 Å². The minimum atomic E-state index is -3.15. The fraction of sp³-hybridized carbons (Fsp3) is 0.458. The summed E-state index contributed by atoms with van der Waals surface area (Å²) in [7, 11) is 1.29. The summed E-state index contributed by atoms with van der Waals surface area (Å²) in [6, 6.07) is 10.3. The number of alkyl halides is 2. The smallest absolute Gasteiger partial charge is 0.304 e. The Morgan fingerprint density at radius 1 is 1.23 bits per heavy atom. The maximum absolute atomic E-state index is 15.2. The summed E-state index contributed by atoms with van der Waals surface area (Å²) in [5, 5.41) is 9.04. The molecule has 1 aliphatic carbocycles. The second-order valence-electron chi connectivity index (χ2n) is 8.61. The van der Waals surface area contributed by atoms with E-state index in [-0.39, 0.29) is 24.0 Å². The van der Waals surface area contributed by atoms with Crippen LogP contribution in [-0.4, -0.2) is 30.4 Å². The molecule has 1 N–H and O–H groups in total. The number of fused-ring (bicyclic) bond motifs is 2. The van der Waals surface area contributed by atoms with Gasteiger partial charge >= 0.3 is 11.9 Å². The first-order chi connectivity index (χ1) is 14.6. The van der Waals surface area contributed by atoms with Crippen LogP contribution in [0.4, 0.5) is 8.78 Å². The van der Waals surface area contributed by atoms with Crippen molar-refractivity contribution >= 4 is 5.97 Å². The largest absolute Gasteiger partial charge is 0.492 e. The molecule has 0 aromatic heterocycles. The van der Waals surface area contributed by atoms with Gasteiger partial charge in [0.15, 0.2) is 0 Å². The molecule has 0 bridgehead atoms. The van der Waals surface area contributed by atoms with Crippen LogP contribution in [0.5, 0.6) is 11.5 Å². The summed E-state index contributed by atoms with van der Waals surface area (Å²) in [6.45, 7) is 3.10. The number of hydrogen-bond acceptors (Lipinski definition) is 4. The van der Waals surface area contributed by atoms with Gasteiger partial charge in [0.1, 0.15) is 23.2 Å². The van der Waals surface area contributed by atoms with E-state index in [1.165, 1.54) is 27.0 Å². The summed E-state index contributed by atoms with van der Waals surface area (Å²) in [6.07, 6.45) is 0.756. The lowest BCUT2D eigenvalue weighted by atomic mass is 9.88. The molecule has 2 aromatic carbocycles. The van der Waals surface area contributed by atoms with E-state index in [0.717, 1.165) is 11.1 Å². The van der Waals surface area contributed by atoms with Crippen LogP contribution in [-0.2, 0) is 21.9 Å². The first kappa shape index (κ1) is 21.6. The van der Waals surface area contributed by atoms with Crippen molar-refractivity contribution in [1.82, 2.24) is 0 Å². The molecule has 7 heteroatoms. The number of ether oxygens (including phenoxy) is 3. The first-order valence-electron chi connectivity index (χ1n) is 10.3. The fourth-order valence-corrected chi connectivity index (χ4v) is 4.36.